The number of carbonyl (C=O) groups is 1. The summed E-state index contributed by atoms with van der Waals surface area (Å²) in [6.45, 7) is -0.477. The topological polar surface area (TPSA) is 146 Å². The zero-order valence-electron chi connectivity index (χ0n) is 23.0. The number of alkyl halides is 3. The molecule has 0 aromatic carbocycles. The van der Waals surface area contributed by atoms with Gasteiger partial charge < -0.3 is 15.7 Å². The van der Waals surface area contributed by atoms with E-state index >= 15 is 0 Å². The Labute approximate surface area is 239 Å². The van der Waals surface area contributed by atoms with E-state index in [0.29, 0.717) is 64.2 Å². The van der Waals surface area contributed by atoms with Gasteiger partial charge in [0.15, 0.2) is 0 Å². The number of amides is 1. The molecule has 5 rings (SSSR count). The molecule has 4 aromatic heterocycles. The van der Waals surface area contributed by atoms with Crippen LogP contribution in [0.15, 0.2) is 42.9 Å². The molecule has 1 amide bonds. The van der Waals surface area contributed by atoms with E-state index in [2.05, 4.69) is 37.1 Å². The average molecular weight is 582 g/mol. The summed E-state index contributed by atoms with van der Waals surface area (Å²) < 4.78 is 42.4. The molecule has 1 aliphatic carbocycles. The summed E-state index contributed by atoms with van der Waals surface area (Å²) in [6, 6.07) is 9.06. The maximum atomic E-state index is 14.4. The Morgan fingerprint density at radius 1 is 1.19 bits per heavy atom. The van der Waals surface area contributed by atoms with Crippen molar-refractivity contribution in [3.8, 4) is 17.5 Å². The Balaban J connectivity index is 1.38. The van der Waals surface area contributed by atoms with Crippen LogP contribution in [0.4, 0.5) is 18.9 Å². The first-order chi connectivity index (χ1) is 20.0. The normalized spacial score (nSPS) is 18.1. The second-order valence-corrected chi connectivity index (χ2v) is 11.0. The van der Waals surface area contributed by atoms with Crippen LogP contribution < -0.4 is 10.6 Å². The van der Waals surface area contributed by atoms with Crippen molar-refractivity contribution in [3.05, 3.63) is 59.7 Å². The standard InChI is InChI=1S/C28H30F3N9O2/c1-28(2,42)25(29)14-34-26(41)20-13-33-22(24-8-7-19-9-16(11-32)12-35-40(19)24)10-21(20)36-18-5-3-17(4-6-18)23-15-39(27(30)31)38-37-23/h7-10,12-13,15,17-18,25,27,42H,3-6,14H2,1-2H3,(H,33,36)(H,34,41)/t17-,18-,25-/m1/s1. The Bertz CT molecular complexity index is 1610. The van der Waals surface area contributed by atoms with Gasteiger partial charge in [0, 0.05) is 18.2 Å². The number of hydrogen-bond donors (Lipinski definition) is 3. The SMILES string of the molecule is CC(C)(O)[C@H](F)CNC(=O)c1cnc(-c2ccc3cc(C#N)cnn23)cc1N[C@H]1CC[C@H](c2cn(C(F)F)nn2)CC1. The largest absolute Gasteiger partial charge is 0.387 e. The number of pyridine rings is 1. The number of nitrogens with zero attached hydrogens (tertiary/aromatic N) is 7. The van der Waals surface area contributed by atoms with Gasteiger partial charge in [-0.25, -0.2) is 8.91 Å². The number of aromatic nitrogens is 6. The summed E-state index contributed by atoms with van der Waals surface area (Å²) in [7, 11) is 0. The van der Waals surface area contributed by atoms with Gasteiger partial charge in [0.25, 0.3) is 5.91 Å². The van der Waals surface area contributed by atoms with Crippen LogP contribution in [0.1, 0.15) is 73.6 Å². The van der Waals surface area contributed by atoms with Gasteiger partial charge in [-0.1, -0.05) is 5.21 Å². The van der Waals surface area contributed by atoms with Crippen LogP contribution in [0.25, 0.3) is 16.9 Å². The van der Waals surface area contributed by atoms with Gasteiger partial charge in [0.05, 0.1) is 64.0 Å². The molecule has 0 radical (unpaired) electrons. The van der Waals surface area contributed by atoms with Crippen molar-refractivity contribution in [2.75, 3.05) is 11.9 Å². The van der Waals surface area contributed by atoms with E-state index in [1.165, 1.54) is 32.4 Å². The van der Waals surface area contributed by atoms with Gasteiger partial charge in [-0.05, 0) is 63.8 Å². The summed E-state index contributed by atoms with van der Waals surface area (Å²) in [5.74, 6) is -0.566. The fourth-order valence-electron chi connectivity index (χ4n) is 5.00. The molecule has 1 aliphatic rings. The maximum Gasteiger partial charge on any atom is 0.334 e. The summed E-state index contributed by atoms with van der Waals surface area (Å²) >= 11 is 0. The quantitative estimate of drug-likeness (QED) is 0.266. The molecular formula is C28H30F3N9O2. The molecule has 1 fully saturated rings. The summed E-state index contributed by atoms with van der Waals surface area (Å²) in [4.78, 5) is 17.6. The highest BCUT2D eigenvalue weighted by Crippen LogP contribution is 2.34. The van der Waals surface area contributed by atoms with E-state index < -0.39 is 24.2 Å². The second kappa shape index (κ2) is 11.8. The third-order valence-corrected chi connectivity index (χ3v) is 7.48. The van der Waals surface area contributed by atoms with E-state index in [0.717, 1.165) is 0 Å². The zero-order chi connectivity index (χ0) is 30.0. The van der Waals surface area contributed by atoms with Crippen LogP contribution in [0.3, 0.4) is 0 Å². The number of nitriles is 1. The number of halogens is 3. The van der Waals surface area contributed by atoms with Gasteiger partial charge in [-0.15, -0.1) is 5.10 Å². The molecule has 0 spiro atoms. The Hall–Kier alpha value is -4.51. The van der Waals surface area contributed by atoms with E-state index in [1.54, 1.807) is 16.6 Å². The van der Waals surface area contributed by atoms with E-state index in [-0.39, 0.29) is 24.1 Å². The van der Waals surface area contributed by atoms with Gasteiger partial charge in [0.1, 0.15) is 12.2 Å². The van der Waals surface area contributed by atoms with E-state index in [9.17, 15) is 28.3 Å². The molecule has 4 aromatic rings. The van der Waals surface area contributed by atoms with Crippen LogP contribution in [-0.2, 0) is 0 Å². The fraction of sp³-hybridized carbons (Fsp3) is 0.429. The molecule has 1 atom stereocenters. The van der Waals surface area contributed by atoms with Crippen LogP contribution in [0, 0.1) is 11.3 Å². The van der Waals surface area contributed by atoms with Crippen LogP contribution >= 0.6 is 0 Å². The minimum Gasteiger partial charge on any atom is -0.387 e. The highest BCUT2D eigenvalue weighted by Gasteiger charge is 2.29. The second-order valence-electron chi connectivity index (χ2n) is 11.0. The van der Waals surface area contributed by atoms with Gasteiger partial charge in [-0.3, -0.25) is 9.78 Å². The lowest BCUT2D eigenvalue weighted by molar-refractivity contribution is -0.00178. The minimum absolute atomic E-state index is 0.00824. The minimum atomic E-state index is -2.74. The van der Waals surface area contributed by atoms with Crippen LogP contribution in [0.2, 0.25) is 0 Å². The smallest absolute Gasteiger partial charge is 0.334 e. The fourth-order valence-corrected chi connectivity index (χ4v) is 5.00. The van der Waals surface area contributed by atoms with Crippen LogP contribution in [0.5, 0.6) is 0 Å². The van der Waals surface area contributed by atoms with Crippen molar-refractivity contribution >= 4 is 17.1 Å². The summed E-state index contributed by atoms with van der Waals surface area (Å²) in [5, 5.41) is 36.8. The molecule has 1 saturated carbocycles. The number of hydrogen-bond acceptors (Lipinski definition) is 8. The number of carbonyl (C=O) groups excluding carboxylic acids is 1. The Morgan fingerprint density at radius 3 is 2.62 bits per heavy atom. The van der Waals surface area contributed by atoms with Crippen molar-refractivity contribution in [1.29, 1.82) is 5.26 Å². The zero-order valence-corrected chi connectivity index (χ0v) is 23.0. The number of rotatable bonds is 9. The monoisotopic (exact) mass is 581 g/mol. The number of nitrogens with one attached hydrogen (secondary N) is 2. The first kappa shape index (κ1) is 29.0. The molecule has 42 heavy (non-hydrogen) atoms. The highest BCUT2D eigenvalue weighted by molar-refractivity contribution is 6.00. The lowest BCUT2D eigenvalue weighted by Crippen LogP contribution is -2.42. The number of anilines is 1. The van der Waals surface area contributed by atoms with E-state index in [1.807, 2.05) is 12.1 Å². The van der Waals surface area contributed by atoms with Crippen LogP contribution in [-0.4, -0.2) is 65.0 Å². The van der Waals surface area contributed by atoms with Gasteiger partial charge in [0.2, 0.25) is 0 Å². The molecular weight excluding hydrogens is 551 g/mol. The van der Waals surface area contributed by atoms with Crippen molar-refractivity contribution < 1.29 is 23.1 Å². The molecule has 4 heterocycles. The molecule has 0 unspecified atom stereocenters. The third-order valence-electron chi connectivity index (χ3n) is 7.48. The predicted octanol–water partition coefficient (Wildman–Crippen LogP) is 4.23. The highest BCUT2D eigenvalue weighted by atomic mass is 19.3. The first-order valence-corrected chi connectivity index (χ1v) is 13.5. The first-order valence-electron chi connectivity index (χ1n) is 13.5. The maximum absolute atomic E-state index is 14.4. The molecule has 11 nitrogen and oxygen atoms in total. The third kappa shape index (κ3) is 6.20. The summed E-state index contributed by atoms with van der Waals surface area (Å²) in [5.41, 5.74) is 1.86. The van der Waals surface area contributed by atoms with Crippen molar-refractivity contribution in [3.63, 3.8) is 0 Å². The van der Waals surface area contributed by atoms with Crippen molar-refractivity contribution in [1.82, 2.24) is 34.9 Å². The van der Waals surface area contributed by atoms with Gasteiger partial charge >= 0.3 is 6.55 Å². The number of fused-ring (bicyclic) bond motifs is 1. The molecule has 0 aliphatic heterocycles. The Morgan fingerprint density at radius 2 is 1.95 bits per heavy atom. The lowest BCUT2D eigenvalue weighted by Gasteiger charge is -2.29. The van der Waals surface area contributed by atoms with Crippen molar-refractivity contribution in [2.24, 2.45) is 0 Å². The van der Waals surface area contributed by atoms with Gasteiger partial charge in [-0.2, -0.15) is 23.8 Å². The number of aliphatic hydroxyl groups is 1. The summed E-state index contributed by atoms with van der Waals surface area (Å²) in [6.07, 6.45) is 5.19. The van der Waals surface area contributed by atoms with Crippen molar-refractivity contribution in [2.45, 2.75) is 69.8 Å². The molecule has 14 heteroatoms. The molecule has 3 N–H and O–H groups in total. The molecule has 0 bridgehead atoms. The predicted molar refractivity (Wildman–Crippen MR) is 147 cm³/mol. The Kier molecular flexibility index (Phi) is 8.13. The lowest BCUT2D eigenvalue weighted by atomic mass is 9.84. The van der Waals surface area contributed by atoms with E-state index in [4.69, 9.17) is 0 Å². The molecule has 220 valence electrons. The average Bonchev–Trinajstić information content (AvgIpc) is 3.63. The molecule has 0 saturated heterocycles.